The van der Waals surface area contributed by atoms with Gasteiger partial charge in [0.15, 0.2) is 0 Å². The summed E-state index contributed by atoms with van der Waals surface area (Å²) in [5, 5.41) is 2.84. The van der Waals surface area contributed by atoms with E-state index in [9.17, 15) is 4.79 Å². The SMILES string of the molecule is Cc1cccc(NC(=O)c2cc(N)nc(Cl)c2)n1. The van der Waals surface area contributed by atoms with E-state index in [4.69, 9.17) is 17.3 Å². The molecule has 0 aliphatic rings. The third-order valence-corrected chi connectivity index (χ3v) is 2.40. The highest BCUT2D eigenvalue weighted by atomic mass is 35.5. The number of halogens is 1. The van der Waals surface area contributed by atoms with Crippen LogP contribution in [0.25, 0.3) is 0 Å². The minimum absolute atomic E-state index is 0.178. The minimum Gasteiger partial charge on any atom is -0.384 e. The molecular weight excluding hydrogens is 252 g/mol. The van der Waals surface area contributed by atoms with E-state index in [-0.39, 0.29) is 16.9 Å². The lowest BCUT2D eigenvalue weighted by atomic mass is 10.2. The number of aromatic nitrogens is 2. The Morgan fingerprint density at radius 2 is 2.11 bits per heavy atom. The highest BCUT2D eigenvalue weighted by Crippen LogP contribution is 2.14. The number of carbonyl (C=O) groups is 1. The van der Waals surface area contributed by atoms with E-state index in [1.165, 1.54) is 12.1 Å². The molecule has 0 unspecified atom stereocenters. The normalized spacial score (nSPS) is 10.1. The molecule has 0 radical (unpaired) electrons. The number of hydrogen-bond acceptors (Lipinski definition) is 4. The molecule has 0 saturated carbocycles. The molecule has 2 rings (SSSR count). The molecule has 3 N–H and O–H groups in total. The first-order chi connectivity index (χ1) is 8.54. The molecule has 0 spiro atoms. The van der Waals surface area contributed by atoms with Gasteiger partial charge < -0.3 is 11.1 Å². The molecule has 18 heavy (non-hydrogen) atoms. The van der Waals surface area contributed by atoms with Crippen molar-refractivity contribution < 1.29 is 4.79 Å². The Kier molecular flexibility index (Phi) is 3.43. The van der Waals surface area contributed by atoms with E-state index in [0.717, 1.165) is 5.69 Å². The lowest BCUT2D eigenvalue weighted by Gasteiger charge is -2.06. The van der Waals surface area contributed by atoms with Gasteiger partial charge in [-0.3, -0.25) is 4.79 Å². The van der Waals surface area contributed by atoms with Crippen LogP contribution in [-0.2, 0) is 0 Å². The Morgan fingerprint density at radius 1 is 1.33 bits per heavy atom. The summed E-state index contributed by atoms with van der Waals surface area (Å²) in [5.41, 5.74) is 6.69. The molecule has 1 amide bonds. The average Bonchev–Trinajstić information content (AvgIpc) is 2.27. The predicted molar refractivity (Wildman–Crippen MR) is 70.6 cm³/mol. The Labute approximate surface area is 109 Å². The van der Waals surface area contributed by atoms with Crippen molar-refractivity contribution in [3.63, 3.8) is 0 Å². The van der Waals surface area contributed by atoms with Gasteiger partial charge in [-0.1, -0.05) is 17.7 Å². The molecule has 2 aromatic heterocycles. The maximum Gasteiger partial charge on any atom is 0.257 e. The number of amides is 1. The van der Waals surface area contributed by atoms with Crippen LogP contribution in [0.1, 0.15) is 16.1 Å². The fourth-order valence-corrected chi connectivity index (χ4v) is 1.66. The van der Waals surface area contributed by atoms with Crippen LogP contribution in [0.2, 0.25) is 5.15 Å². The zero-order valence-electron chi connectivity index (χ0n) is 9.64. The number of rotatable bonds is 2. The van der Waals surface area contributed by atoms with Gasteiger partial charge in [0.25, 0.3) is 5.91 Å². The second kappa shape index (κ2) is 5.01. The van der Waals surface area contributed by atoms with Gasteiger partial charge in [-0.15, -0.1) is 0 Å². The van der Waals surface area contributed by atoms with E-state index in [1.54, 1.807) is 6.07 Å². The molecule has 0 aliphatic carbocycles. The second-order valence-electron chi connectivity index (χ2n) is 3.72. The Morgan fingerprint density at radius 3 is 2.78 bits per heavy atom. The number of nitrogens with one attached hydrogen (secondary N) is 1. The fourth-order valence-electron chi connectivity index (χ4n) is 1.45. The first-order valence-electron chi connectivity index (χ1n) is 5.22. The second-order valence-corrected chi connectivity index (χ2v) is 4.11. The Bertz CT molecular complexity index is 580. The van der Waals surface area contributed by atoms with Gasteiger partial charge >= 0.3 is 0 Å². The molecule has 0 saturated heterocycles. The van der Waals surface area contributed by atoms with Crippen molar-refractivity contribution in [3.05, 3.63) is 46.7 Å². The average molecular weight is 263 g/mol. The topological polar surface area (TPSA) is 80.9 Å². The molecular formula is C12H11ClN4O. The summed E-state index contributed by atoms with van der Waals surface area (Å²) in [4.78, 5) is 19.9. The molecule has 92 valence electrons. The van der Waals surface area contributed by atoms with E-state index >= 15 is 0 Å². The van der Waals surface area contributed by atoms with Gasteiger partial charge in [0.05, 0.1) is 0 Å². The molecule has 0 fully saturated rings. The maximum absolute atomic E-state index is 11.9. The first kappa shape index (κ1) is 12.3. The quantitative estimate of drug-likeness (QED) is 0.814. The van der Waals surface area contributed by atoms with Crippen LogP contribution >= 0.6 is 11.6 Å². The number of nitrogen functional groups attached to an aromatic ring is 1. The summed E-state index contributed by atoms with van der Waals surface area (Å²) in [5.74, 6) is 0.348. The first-order valence-corrected chi connectivity index (χ1v) is 5.60. The highest BCUT2D eigenvalue weighted by molar-refractivity contribution is 6.30. The Balaban J connectivity index is 2.22. The van der Waals surface area contributed by atoms with Crippen molar-refractivity contribution in [2.45, 2.75) is 6.92 Å². The molecule has 0 atom stereocenters. The third kappa shape index (κ3) is 2.95. The van der Waals surface area contributed by atoms with E-state index in [1.807, 2.05) is 19.1 Å². The van der Waals surface area contributed by atoms with Crippen molar-refractivity contribution in [2.24, 2.45) is 0 Å². The number of carbonyl (C=O) groups excluding carboxylic acids is 1. The summed E-state index contributed by atoms with van der Waals surface area (Å²) >= 11 is 5.74. The summed E-state index contributed by atoms with van der Waals surface area (Å²) < 4.78 is 0. The molecule has 0 aliphatic heterocycles. The van der Waals surface area contributed by atoms with Crippen LogP contribution in [0.3, 0.4) is 0 Å². The van der Waals surface area contributed by atoms with Crippen LogP contribution in [0.4, 0.5) is 11.6 Å². The monoisotopic (exact) mass is 262 g/mol. The molecule has 2 heterocycles. The van der Waals surface area contributed by atoms with E-state index < -0.39 is 0 Å². The van der Waals surface area contributed by atoms with Crippen LogP contribution in [0.5, 0.6) is 0 Å². The van der Waals surface area contributed by atoms with Gasteiger partial charge in [0, 0.05) is 11.3 Å². The summed E-state index contributed by atoms with van der Waals surface area (Å²) in [7, 11) is 0. The van der Waals surface area contributed by atoms with Crippen LogP contribution in [0, 0.1) is 6.92 Å². The lowest BCUT2D eigenvalue weighted by molar-refractivity contribution is 0.102. The molecule has 0 aromatic carbocycles. The van der Waals surface area contributed by atoms with Crippen LogP contribution < -0.4 is 11.1 Å². The molecule has 2 aromatic rings. The molecule has 0 bridgehead atoms. The zero-order valence-corrected chi connectivity index (χ0v) is 10.4. The third-order valence-electron chi connectivity index (χ3n) is 2.21. The van der Waals surface area contributed by atoms with Crippen molar-refractivity contribution in [1.29, 1.82) is 0 Å². The number of hydrogen-bond donors (Lipinski definition) is 2. The predicted octanol–water partition coefficient (Wildman–Crippen LogP) is 2.27. The van der Waals surface area contributed by atoms with E-state index in [2.05, 4.69) is 15.3 Å². The molecule has 6 heteroatoms. The van der Waals surface area contributed by atoms with Crippen molar-refractivity contribution in [3.8, 4) is 0 Å². The largest absolute Gasteiger partial charge is 0.384 e. The van der Waals surface area contributed by atoms with Gasteiger partial charge in [-0.25, -0.2) is 9.97 Å². The van der Waals surface area contributed by atoms with Gasteiger partial charge in [-0.2, -0.15) is 0 Å². The smallest absolute Gasteiger partial charge is 0.257 e. The van der Waals surface area contributed by atoms with Crippen LogP contribution in [-0.4, -0.2) is 15.9 Å². The summed E-state index contributed by atoms with van der Waals surface area (Å²) in [6.07, 6.45) is 0. The Hall–Kier alpha value is -2.14. The van der Waals surface area contributed by atoms with Crippen molar-refractivity contribution in [1.82, 2.24) is 9.97 Å². The highest BCUT2D eigenvalue weighted by Gasteiger charge is 2.09. The zero-order chi connectivity index (χ0) is 13.1. The summed E-state index contributed by atoms with van der Waals surface area (Å²) in [6.45, 7) is 1.84. The number of nitrogens with zero attached hydrogens (tertiary/aromatic N) is 2. The maximum atomic E-state index is 11.9. The van der Waals surface area contributed by atoms with Gasteiger partial charge in [0.2, 0.25) is 0 Å². The van der Waals surface area contributed by atoms with Crippen molar-refractivity contribution in [2.75, 3.05) is 11.1 Å². The minimum atomic E-state index is -0.330. The van der Waals surface area contributed by atoms with Gasteiger partial charge in [0.1, 0.15) is 16.8 Å². The number of nitrogens with two attached hydrogens (primary N) is 1. The van der Waals surface area contributed by atoms with Crippen molar-refractivity contribution >= 4 is 29.1 Å². The van der Waals surface area contributed by atoms with Crippen LogP contribution in [0.15, 0.2) is 30.3 Å². The number of pyridine rings is 2. The molecule has 5 nitrogen and oxygen atoms in total. The summed E-state index contributed by atoms with van der Waals surface area (Å²) in [6, 6.07) is 8.26. The van der Waals surface area contributed by atoms with E-state index in [0.29, 0.717) is 11.4 Å². The number of anilines is 2. The number of aryl methyl sites for hydroxylation is 1. The fraction of sp³-hybridized carbons (Fsp3) is 0.0833. The standard InChI is InChI=1S/C12H11ClN4O/c1-7-3-2-4-11(15-7)17-12(18)8-5-9(13)16-10(14)6-8/h2-6H,1H3,(H2,14,16)(H,15,17,18). The van der Waals surface area contributed by atoms with Gasteiger partial charge in [-0.05, 0) is 31.2 Å². The lowest BCUT2D eigenvalue weighted by Crippen LogP contribution is -2.13.